The molecular formula is C22H25N5O2. The minimum Gasteiger partial charge on any atom is -0.492 e. The zero-order valence-corrected chi connectivity index (χ0v) is 16.9. The Morgan fingerprint density at radius 1 is 1.14 bits per heavy atom. The van der Waals surface area contributed by atoms with E-state index in [1.165, 1.54) is 0 Å². The van der Waals surface area contributed by atoms with Crippen LogP contribution in [0.25, 0.3) is 0 Å². The smallest absolute Gasteiger partial charge is 0.272 e. The summed E-state index contributed by atoms with van der Waals surface area (Å²) in [6.07, 6.45) is 4.26. The Kier molecular flexibility index (Phi) is 6.73. The molecule has 0 saturated carbocycles. The quantitative estimate of drug-likeness (QED) is 0.631. The number of amides is 1. The zero-order chi connectivity index (χ0) is 20.6. The summed E-state index contributed by atoms with van der Waals surface area (Å²) in [7, 11) is 1.78. The van der Waals surface area contributed by atoms with Crippen LogP contribution in [0.15, 0.2) is 54.9 Å². The van der Waals surface area contributed by atoms with Crippen LogP contribution in [0.1, 0.15) is 28.8 Å². The molecule has 1 amide bonds. The maximum absolute atomic E-state index is 12.9. The molecular weight excluding hydrogens is 366 g/mol. The van der Waals surface area contributed by atoms with Crippen molar-refractivity contribution in [2.45, 2.75) is 20.3 Å². The number of pyridine rings is 1. The van der Waals surface area contributed by atoms with E-state index in [1.54, 1.807) is 37.3 Å². The van der Waals surface area contributed by atoms with Crippen molar-refractivity contribution in [3.05, 3.63) is 71.9 Å². The van der Waals surface area contributed by atoms with Crippen molar-refractivity contribution < 1.29 is 9.53 Å². The molecule has 0 aliphatic heterocycles. The van der Waals surface area contributed by atoms with Crippen LogP contribution >= 0.6 is 0 Å². The topological polar surface area (TPSA) is 80.2 Å². The number of rotatable bonds is 8. The van der Waals surface area contributed by atoms with Crippen LogP contribution in [-0.4, -0.2) is 46.0 Å². The van der Waals surface area contributed by atoms with E-state index in [9.17, 15) is 4.79 Å². The highest BCUT2D eigenvalue weighted by molar-refractivity contribution is 5.93. The van der Waals surface area contributed by atoms with E-state index in [1.807, 2.05) is 43.3 Å². The number of hydrogen-bond donors (Lipinski definition) is 1. The Balaban J connectivity index is 1.73. The van der Waals surface area contributed by atoms with E-state index in [-0.39, 0.29) is 5.91 Å². The number of benzene rings is 1. The third kappa shape index (κ3) is 5.51. The fourth-order valence-corrected chi connectivity index (χ4v) is 2.87. The molecule has 0 bridgehead atoms. The van der Waals surface area contributed by atoms with Gasteiger partial charge in [0.05, 0.1) is 12.3 Å². The molecule has 7 heteroatoms. The average molecular weight is 391 g/mol. The summed E-state index contributed by atoms with van der Waals surface area (Å²) in [5.74, 6) is 1.66. The summed E-state index contributed by atoms with van der Waals surface area (Å²) >= 11 is 0. The number of carbonyl (C=O) groups excluding carboxylic acids is 1. The minimum absolute atomic E-state index is 0.148. The van der Waals surface area contributed by atoms with Crippen LogP contribution in [0, 0.1) is 6.92 Å². The Bertz CT molecular complexity index is 962. The van der Waals surface area contributed by atoms with Crippen molar-refractivity contribution in [1.29, 1.82) is 0 Å². The lowest BCUT2D eigenvalue weighted by atomic mass is 10.2. The van der Waals surface area contributed by atoms with E-state index < -0.39 is 0 Å². The highest BCUT2D eigenvalue weighted by Crippen LogP contribution is 2.27. The second-order valence-electron chi connectivity index (χ2n) is 6.57. The normalized spacial score (nSPS) is 10.4. The maximum atomic E-state index is 12.9. The van der Waals surface area contributed by atoms with Crippen molar-refractivity contribution in [2.24, 2.45) is 0 Å². The Hall–Kier alpha value is -3.48. The third-order valence-corrected chi connectivity index (χ3v) is 4.34. The number of aromatic nitrogens is 3. The summed E-state index contributed by atoms with van der Waals surface area (Å²) in [4.78, 5) is 27.3. The predicted octanol–water partition coefficient (Wildman–Crippen LogP) is 3.64. The first-order chi connectivity index (χ1) is 14.1. The number of para-hydroxylation sites is 2. The van der Waals surface area contributed by atoms with Crippen molar-refractivity contribution in [2.75, 3.05) is 25.5 Å². The fourth-order valence-electron chi connectivity index (χ4n) is 2.87. The molecule has 3 rings (SSSR count). The predicted molar refractivity (Wildman–Crippen MR) is 113 cm³/mol. The third-order valence-electron chi connectivity index (χ3n) is 4.34. The van der Waals surface area contributed by atoms with Gasteiger partial charge in [-0.1, -0.05) is 12.1 Å². The number of carbonyl (C=O) groups is 1. The van der Waals surface area contributed by atoms with Crippen LogP contribution in [0.3, 0.4) is 0 Å². The van der Waals surface area contributed by atoms with E-state index in [0.717, 1.165) is 23.4 Å². The average Bonchev–Trinajstić information content (AvgIpc) is 2.73. The van der Waals surface area contributed by atoms with Crippen molar-refractivity contribution in [3.8, 4) is 5.75 Å². The molecule has 7 nitrogen and oxygen atoms in total. The van der Waals surface area contributed by atoms with Gasteiger partial charge in [0, 0.05) is 32.1 Å². The summed E-state index contributed by atoms with van der Waals surface area (Å²) in [6, 6.07) is 13.2. The van der Waals surface area contributed by atoms with Crippen LogP contribution in [0.5, 0.6) is 5.75 Å². The number of nitrogens with one attached hydrogen (secondary N) is 1. The van der Waals surface area contributed by atoms with Crippen LogP contribution in [0.2, 0.25) is 0 Å². The largest absolute Gasteiger partial charge is 0.492 e. The van der Waals surface area contributed by atoms with Gasteiger partial charge in [-0.2, -0.15) is 0 Å². The van der Waals surface area contributed by atoms with Gasteiger partial charge < -0.3 is 15.0 Å². The highest BCUT2D eigenvalue weighted by Gasteiger charge is 2.16. The lowest BCUT2D eigenvalue weighted by molar-refractivity contribution is 0.0790. The molecule has 0 fully saturated rings. The van der Waals surface area contributed by atoms with Gasteiger partial charge in [0.15, 0.2) is 0 Å². The molecule has 0 atom stereocenters. The van der Waals surface area contributed by atoms with Crippen molar-refractivity contribution in [3.63, 3.8) is 0 Å². The lowest BCUT2D eigenvalue weighted by Gasteiger charge is -2.18. The minimum atomic E-state index is -0.148. The van der Waals surface area contributed by atoms with Gasteiger partial charge in [-0.05, 0) is 50.1 Å². The van der Waals surface area contributed by atoms with Crippen LogP contribution in [-0.2, 0) is 6.42 Å². The van der Waals surface area contributed by atoms with Gasteiger partial charge in [-0.15, -0.1) is 0 Å². The van der Waals surface area contributed by atoms with Gasteiger partial charge in [0.1, 0.15) is 23.1 Å². The summed E-state index contributed by atoms with van der Waals surface area (Å²) in [5, 5.41) is 3.24. The number of nitrogens with zero attached hydrogens (tertiary/aromatic N) is 4. The van der Waals surface area contributed by atoms with Gasteiger partial charge in [0.25, 0.3) is 5.91 Å². The first kappa shape index (κ1) is 20.3. The molecule has 1 aromatic carbocycles. The monoisotopic (exact) mass is 391 g/mol. The molecule has 0 saturated heterocycles. The standard InChI is InChI=1S/C22H25N5O2/c1-4-29-20-8-6-5-7-18(20)26-21-15-19(24-16(2)25-21)22(28)27(3)14-11-17-9-12-23-13-10-17/h5-10,12-13,15H,4,11,14H2,1-3H3,(H,24,25,26). The Morgan fingerprint density at radius 3 is 2.66 bits per heavy atom. The SMILES string of the molecule is CCOc1ccccc1Nc1cc(C(=O)N(C)CCc2ccncc2)nc(C)n1. The molecule has 2 aromatic heterocycles. The fraction of sp³-hybridized carbons (Fsp3) is 0.273. The Labute approximate surface area is 170 Å². The highest BCUT2D eigenvalue weighted by atomic mass is 16.5. The number of anilines is 2. The van der Waals surface area contributed by atoms with E-state index in [0.29, 0.717) is 30.5 Å². The molecule has 0 aliphatic carbocycles. The summed E-state index contributed by atoms with van der Waals surface area (Å²) in [5.41, 5.74) is 2.27. The summed E-state index contributed by atoms with van der Waals surface area (Å²) < 4.78 is 5.64. The number of ether oxygens (including phenoxy) is 1. The van der Waals surface area contributed by atoms with Gasteiger partial charge in [0.2, 0.25) is 0 Å². The first-order valence-electron chi connectivity index (χ1n) is 9.55. The van der Waals surface area contributed by atoms with Crippen molar-refractivity contribution >= 4 is 17.4 Å². The van der Waals surface area contributed by atoms with Crippen LogP contribution < -0.4 is 10.1 Å². The zero-order valence-electron chi connectivity index (χ0n) is 16.9. The molecule has 0 spiro atoms. The van der Waals surface area contributed by atoms with Gasteiger partial charge >= 0.3 is 0 Å². The lowest BCUT2D eigenvalue weighted by Crippen LogP contribution is -2.30. The molecule has 0 aliphatic rings. The van der Waals surface area contributed by atoms with Gasteiger partial charge in [-0.3, -0.25) is 9.78 Å². The molecule has 0 radical (unpaired) electrons. The first-order valence-corrected chi connectivity index (χ1v) is 9.55. The van der Waals surface area contributed by atoms with Gasteiger partial charge in [-0.25, -0.2) is 9.97 Å². The molecule has 150 valence electrons. The molecule has 3 aromatic rings. The summed E-state index contributed by atoms with van der Waals surface area (Å²) in [6.45, 7) is 4.85. The molecule has 0 unspecified atom stereocenters. The maximum Gasteiger partial charge on any atom is 0.272 e. The second-order valence-corrected chi connectivity index (χ2v) is 6.57. The second kappa shape index (κ2) is 9.64. The Morgan fingerprint density at radius 2 is 1.90 bits per heavy atom. The molecule has 1 N–H and O–H groups in total. The van der Waals surface area contributed by atoms with E-state index in [4.69, 9.17) is 4.74 Å². The number of aryl methyl sites for hydroxylation is 1. The van der Waals surface area contributed by atoms with Crippen LogP contribution in [0.4, 0.5) is 11.5 Å². The number of likely N-dealkylation sites (N-methyl/N-ethyl adjacent to an activating group) is 1. The van der Waals surface area contributed by atoms with E-state index in [2.05, 4.69) is 20.3 Å². The number of hydrogen-bond acceptors (Lipinski definition) is 6. The van der Waals surface area contributed by atoms with Crippen molar-refractivity contribution in [1.82, 2.24) is 19.9 Å². The molecule has 29 heavy (non-hydrogen) atoms. The molecule has 2 heterocycles. The van der Waals surface area contributed by atoms with E-state index >= 15 is 0 Å².